The molecule has 0 aliphatic rings. The molecule has 1 aromatic carbocycles. The van der Waals surface area contributed by atoms with E-state index in [0.717, 1.165) is 122 Å². The second kappa shape index (κ2) is 44.3. The minimum absolute atomic E-state index is 0.0363. The van der Waals surface area contributed by atoms with Crippen molar-refractivity contribution in [1.82, 2.24) is 4.90 Å². The van der Waals surface area contributed by atoms with Crippen molar-refractivity contribution in [2.75, 3.05) is 70.3 Å². The molecule has 11 heteroatoms. The number of hydrogen-bond acceptors (Lipinski definition) is 11. The van der Waals surface area contributed by atoms with Gasteiger partial charge >= 0.3 is 17.9 Å². The lowest BCUT2D eigenvalue weighted by Gasteiger charge is -2.24. The van der Waals surface area contributed by atoms with Crippen molar-refractivity contribution in [3.8, 4) is 0 Å². The lowest BCUT2D eigenvalue weighted by atomic mass is 10.0. The van der Waals surface area contributed by atoms with Gasteiger partial charge in [-0.3, -0.25) is 24.0 Å². The number of esters is 3. The fourth-order valence-corrected chi connectivity index (χ4v) is 8.81. The Morgan fingerprint density at radius 2 is 0.821 bits per heavy atom. The van der Waals surface area contributed by atoms with E-state index in [1.807, 2.05) is 0 Å². The first-order chi connectivity index (χ1) is 32.6. The number of nitrogens with one attached hydrogen (secondary N) is 1. The van der Waals surface area contributed by atoms with Crippen LogP contribution >= 0.6 is 0 Å². The van der Waals surface area contributed by atoms with Gasteiger partial charge in [0.25, 0.3) is 10.9 Å². The third kappa shape index (κ3) is 34.9. The summed E-state index contributed by atoms with van der Waals surface area (Å²) in [5.74, 6) is -0.437. The molecule has 0 unspecified atom stereocenters. The zero-order chi connectivity index (χ0) is 49.0. The summed E-state index contributed by atoms with van der Waals surface area (Å²) < 4.78 is 17.0. The molecule has 0 spiro atoms. The van der Waals surface area contributed by atoms with Crippen molar-refractivity contribution in [3.63, 3.8) is 0 Å². The fraction of sp³-hybridized carbons (Fsp3) is 0.875. The minimum atomic E-state index is -0.443. The van der Waals surface area contributed by atoms with Crippen LogP contribution in [0.25, 0.3) is 0 Å². The van der Waals surface area contributed by atoms with E-state index in [1.165, 1.54) is 109 Å². The standard InChI is InChI=1S/C56H103N3O8/c1-6-9-12-15-16-17-18-19-20-21-22-23-24-27-32-39-50(60)65-46-36-29-28-34-43-59(45-37-42-57-53-54(58(4)5)56(64)55(53)63)44-35-33-38-49(47-66-51(61)40-30-25-13-10-7-2)48-67-52(62)41-31-26-14-11-8-3/h49,57H,6-48H2,1-5H3. The van der Waals surface area contributed by atoms with Crippen LogP contribution in [0.5, 0.6) is 0 Å². The molecule has 0 saturated heterocycles. The van der Waals surface area contributed by atoms with Gasteiger partial charge in [-0.15, -0.1) is 0 Å². The lowest BCUT2D eigenvalue weighted by Crippen LogP contribution is -2.40. The normalized spacial score (nSPS) is 11.5. The molecule has 1 aromatic rings. The maximum Gasteiger partial charge on any atom is 0.305 e. The highest BCUT2D eigenvalue weighted by atomic mass is 16.5. The van der Waals surface area contributed by atoms with Crippen molar-refractivity contribution in [3.05, 3.63) is 20.4 Å². The van der Waals surface area contributed by atoms with E-state index in [-0.39, 0.29) is 37.0 Å². The molecule has 0 saturated carbocycles. The molecule has 67 heavy (non-hydrogen) atoms. The van der Waals surface area contributed by atoms with Crippen LogP contribution in [0.4, 0.5) is 11.4 Å². The van der Waals surface area contributed by atoms with Crippen LogP contribution in [0.15, 0.2) is 9.59 Å². The molecule has 0 radical (unpaired) electrons. The maximum absolute atomic E-state index is 12.6. The average molecular weight is 946 g/mol. The van der Waals surface area contributed by atoms with Gasteiger partial charge in [0.05, 0.1) is 19.8 Å². The van der Waals surface area contributed by atoms with Crippen molar-refractivity contribution < 1.29 is 28.6 Å². The monoisotopic (exact) mass is 946 g/mol. The number of nitrogens with zero attached hydrogens (tertiary/aromatic N) is 2. The van der Waals surface area contributed by atoms with Crippen molar-refractivity contribution in [1.29, 1.82) is 0 Å². The second-order valence-electron chi connectivity index (χ2n) is 19.8. The Hall–Kier alpha value is -2.95. The Labute approximate surface area is 410 Å². The minimum Gasteiger partial charge on any atom is -0.466 e. The van der Waals surface area contributed by atoms with Gasteiger partial charge in [-0.25, -0.2) is 0 Å². The smallest absolute Gasteiger partial charge is 0.305 e. The zero-order valence-corrected chi connectivity index (χ0v) is 44.1. The SMILES string of the molecule is CCCCCCCCCCCCCCCCCC(=O)OCCCCCCN(CCCCC(COC(=O)CCCCCCC)COC(=O)CCCCCCC)CCCNc1c(N(C)C)c(=O)c1=O. The van der Waals surface area contributed by atoms with Crippen molar-refractivity contribution in [2.24, 2.45) is 5.92 Å². The molecule has 0 amide bonds. The van der Waals surface area contributed by atoms with E-state index in [1.54, 1.807) is 19.0 Å². The highest BCUT2D eigenvalue weighted by molar-refractivity contribution is 5.74. The van der Waals surface area contributed by atoms with E-state index in [4.69, 9.17) is 14.2 Å². The van der Waals surface area contributed by atoms with Crippen LogP contribution < -0.4 is 21.1 Å². The lowest BCUT2D eigenvalue weighted by molar-refractivity contribution is -0.149. The van der Waals surface area contributed by atoms with Gasteiger partial charge in [0, 0.05) is 45.8 Å². The Balaban J connectivity index is 2.48. The molecule has 1 rings (SSSR count). The molecule has 11 nitrogen and oxygen atoms in total. The summed E-state index contributed by atoms with van der Waals surface area (Å²) in [5.41, 5.74) is -0.0159. The summed E-state index contributed by atoms with van der Waals surface area (Å²) in [7, 11) is 3.55. The third-order valence-electron chi connectivity index (χ3n) is 13.2. The highest BCUT2D eigenvalue weighted by Gasteiger charge is 2.22. The first-order valence-corrected chi connectivity index (χ1v) is 28.1. The topological polar surface area (TPSA) is 132 Å². The molecular weight excluding hydrogens is 843 g/mol. The predicted molar refractivity (Wildman–Crippen MR) is 280 cm³/mol. The first-order valence-electron chi connectivity index (χ1n) is 28.1. The van der Waals surface area contributed by atoms with Crippen molar-refractivity contribution in [2.45, 2.75) is 252 Å². The Morgan fingerprint density at radius 1 is 0.448 bits per heavy atom. The van der Waals surface area contributed by atoms with Gasteiger partial charge in [0.15, 0.2) is 0 Å². The van der Waals surface area contributed by atoms with Gasteiger partial charge in [-0.05, 0) is 71.0 Å². The number of unbranched alkanes of at least 4 members (excludes halogenated alkanes) is 26. The first kappa shape index (κ1) is 62.1. The van der Waals surface area contributed by atoms with Gasteiger partial charge in [-0.1, -0.05) is 181 Å². The van der Waals surface area contributed by atoms with Crippen molar-refractivity contribution >= 4 is 29.3 Å². The second-order valence-corrected chi connectivity index (χ2v) is 19.8. The molecule has 0 aromatic heterocycles. The number of carbonyl (C=O) groups excluding carboxylic acids is 3. The summed E-state index contributed by atoms with van der Waals surface area (Å²) in [6.07, 6.45) is 39.3. The summed E-state index contributed by atoms with van der Waals surface area (Å²) in [6, 6.07) is 0. The maximum atomic E-state index is 12.6. The molecule has 0 atom stereocenters. The van der Waals surface area contributed by atoms with Gasteiger partial charge in [-0.2, -0.15) is 0 Å². The van der Waals surface area contributed by atoms with Gasteiger partial charge in [0.2, 0.25) is 0 Å². The summed E-state index contributed by atoms with van der Waals surface area (Å²) in [6.45, 7) is 11.0. The number of anilines is 2. The number of rotatable bonds is 50. The van der Waals surface area contributed by atoms with E-state index in [0.29, 0.717) is 43.8 Å². The predicted octanol–water partition coefficient (Wildman–Crippen LogP) is 13.4. The molecule has 0 aliphatic heterocycles. The fourth-order valence-electron chi connectivity index (χ4n) is 8.81. The van der Waals surface area contributed by atoms with Gasteiger partial charge in [0.1, 0.15) is 11.4 Å². The van der Waals surface area contributed by atoms with Crippen LogP contribution in [-0.2, 0) is 28.6 Å². The third-order valence-corrected chi connectivity index (χ3v) is 13.2. The molecule has 0 bridgehead atoms. The van der Waals surface area contributed by atoms with Crippen LogP contribution in [-0.4, -0.2) is 82.9 Å². The van der Waals surface area contributed by atoms with Crippen LogP contribution in [0, 0.1) is 5.92 Å². The summed E-state index contributed by atoms with van der Waals surface area (Å²) >= 11 is 0. The molecule has 0 heterocycles. The Kier molecular flexibility index (Phi) is 41.0. The molecular formula is C56H103N3O8. The van der Waals surface area contributed by atoms with E-state index in [9.17, 15) is 24.0 Å². The van der Waals surface area contributed by atoms with Gasteiger partial charge < -0.3 is 29.3 Å². The Bertz CT molecular complexity index is 1380. The quantitative estimate of drug-likeness (QED) is 0.0290. The number of ether oxygens (including phenoxy) is 3. The molecule has 1 N–H and O–H groups in total. The van der Waals surface area contributed by atoms with E-state index in [2.05, 4.69) is 31.0 Å². The van der Waals surface area contributed by atoms with Crippen LogP contribution in [0.1, 0.15) is 252 Å². The zero-order valence-electron chi connectivity index (χ0n) is 44.1. The van der Waals surface area contributed by atoms with Crippen LogP contribution in [0.2, 0.25) is 0 Å². The molecule has 390 valence electrons. The number of carbonyl (C=O) groups is 3. The highest BCUT2D eigenvalue weighted by Crippen LogP contribution is 2.19. The Morgan fingerprint density at radius 3 is 1.27 bits per heavy atom. The van der Waals surface area contributed by atoms with E-state index < -0.39 is 10.9 Å². The largest absolute Gasteiger partial charge is 0.466 e. The average Bonchev–Trinajstić information content (AvgIpc) is 3.31. The summed E-state index contributed by atoms with van der Waals surface area (Å²) in [5, 5.41) is 3.21. The molecule has 0 aliphatic carbocycles. The van der Waals surface area contributed by atoms with E-state index >= 15 is 0 Å². The summed E-state index contributed by atoms with van der Waals surface area (Å²) in [4.78, 5) is 65.9. The number of hydrogen-bond donors (Lipinski definition) is 1. The van der Waals surface area contributed by atoms with Crippen LogP contribution in [0.3, 0.4) is 0 Å². The molecule has 0 fully saturated rings.